The maximum absolute atomic E-state index is 13.6. The lowest BCUT2D eigenvalue weighted by Crippen LogP contribution is -2.08. The minimum atomic E-state index is -0.140. The van der Waals surface area contributed by atoms with E-state index in [-0.39, 0.29) is 5.43 Å². The van der Waals surface area contributed by atoms with Gasteiger partial charge in [-0.2, -0.15) is 0 Å². The molecule has 158 valence electrons. The minimum Gasteiger partial charge on any atom is -0.497 e. The third kappa shape index (κ3) is 3.46. The maximum atomic E-state index is 13.6. The summed E-state index contributed by atoms with van der Waals surface area (Å²) < 4.78 is 28.1. The first-order valence-corrected chi connectivity index (χ1v) is 9.62. The fourth-order valence-corrected chi connectivity index (χ4v) is 3.63. The summed E-state index contributed by atoms with van der Waals surface area (Å²) in [5, 5.41) is 0.497. The molecule has 3 aromatic carbocycles. The molecule has 0 saturated heterocycles. The van der Waals surface area contributed by atoms with Gasteiger partial charge in [0.15, 0.2) is 11.5 Å². The fraction of sp³-hybridized carbons (Fsp3) is 0.160. The van der Waals surface area contributed by atoms with E-state index in [9.17, 15) is 4.79 Å². The first-order chi connectivity index (χ1) is 15.1. The molecule has 0 aliphatic heterocycles. The van der Waals surface area contributed by atoms with Crippen molar-refractivity contribution >= 4 is 11.0 Å². The zero-order valence-electron chi connectivity index (χ0n) is 17.7. The predicted molar refractivity (Wildman–Crippen MR) is 120 cm³/mol. The molecule has 0 amide bonds. The van der Waals surface area contributed by atoms with E-state index in [0.29, 0.717) is 56.4 Å². The number of benzene rings is 3. The molecule has 6 heteroatoms. The highest BCUT2D eigenvalue weighted by Gasteiger charge is 2.24. The normalized spacial score (nSPS) is 10.7. The van der Waals surface area contributed by atoms with Gasteiger partial charge in [0.25, 0.3) is 0 Å². The molecule has 4 aromatic rings. The van der Waals surface area contributed by atoms with Crippen LogP contribution >= 0.6 is 0 Å². The molecule has 0 aliphatic rings. The lowest BCUT2D eigenvalue weighted by Gasteiger charge is -2.17. The van der Waals surface area contributed by atoms with Gasteiger partial charge in [0.05, 0.1) is 45.0 Å². The van der Waals surface area contributed by atoms with Gasteiger partial charge in [0.1, 0.15) is 17.1 Å². The van der Waals surface area contributed by atoms with Crippen molar-refractivity contribution in [1.29, 1.82) is 0 Å². The van der Waals surface area contributed by atoms with Crippen LogP contribution in [-0.4, -0.2) is 28.4 Å². The predicted octanol–water partition coefficient (Wildman–Crippen LogP) is 5.16. The maximum Gasteiger partial charge on any atom is 0.204 e. The Morgan fingerprint density at radius 3 is 2.06 bits per heavy atom. The van der Waals surface area contributed by atoms with Gasteiger partial charge in [-0.15, -0.1) is 0 Å². The Labute approximate surface area is 179 Å². The molecule has 0 bridgehead atoms. The van der Waals surface area contributed by atoms with Crippen LogP contribution in [0, 0.1) is 0 Å². The first-order valence-electron chi connectivity index (χ1n) is 9.62. The van der Waals surface area contributed by atoms with Crippen LogP contribution < -0.4 is 24.4 Å². The van der Waals surface area contributed by atoms with Crippen LogP contribution in [0.2, 0.25) is 0 Å². The average molecular weight is 418 g/mol. The van der Waals surface area contributed by atoms with Crippen molar-refractivity contribution in [3.63, 3.8) is 0 Å². The van der Waals surface area contributed by atoms with E-state index in [2.05, 4.69) is 0 Å². The molecule has 0 unspecified atom stereocenters. The summed E-state index contributed by atoms with van der Waals surface area (Å²) in [5.41, 5.74) is 2.04. The molecule has 31 heavy (non-hydrogen) atoms. The van der Waals surface area contributed by atoms with Crippen molar-refractivity contribution < 1.29 is 23.4 Å². The Hall–Kier alpha value is -3.93. The summed E-state index contributed by atoms with van der Waals surface area (Å²) in [6.07, 6.45) is 0. The summed E-state index contributed by atoms with van der Waals surface area (Å²) in [4.78, 5) is 13.6. The molecule has 4 rings (SSSR count). The molecule has 0 spiro atoms. The van der Waals surface area contributed by atoms with Crippen LogP contribution in [0.4, 0.5) is 0 Å². The van der Waals surface area contributed by atoms with Crippen LogP contribution in [0.25, 0.3) is 33.4 Å². The molecule has 0 atom stereocenters. The van der Waals surface area contributed by atoms with E-state index in [4.69, 9.17) is 23.4 Å². The molecule has 6 nitrogen and oxygen atoms in total. The van der Waals surface area contributed by atoms with Crippen LogP contribution in [-0.2, 0) is 0 Å². The third-order valence-electron chi connectivity index (χ3n) is 5.13. The van der Waals surface area contributed by atoms with Gasteiger partial charge < -0.3 is 23.4 Å². The molecule has 1 aromatic heterocycles. The molecular weight excluding hydrogens is 396 g/mol. The van der Waals surface area contributed by atoms with E-state index < -0.39 is 0 Å². The van der Waals surface area contributed by atoms with Crippen molar-refractivity contribution in [2.45, 2.75) is 0 Å². The van der Waals surface area contributed by atoms with Gasteiger partial charge in [0, 0.05) is 0 Å². The molecule has 0 N–H and O–H groups in total. The van der Waals surface area contributed by atoms with Crippen molar-refractivity contribution in [1.82, 2.24) is 0 Å². The zero-order valence-corrected chi connectivity index (χ0v) is 17.7. The van der Waals surface area contributed by atoms with Gasteiger partial charge in [-0.1, -0.05) is 24.3 Å². The Morgan fingerprint density at radius 2 is 1.42 bits per heavy atom. The highest BCUT2D eigenvalue weighted by Crippen LogP contribution is 2.46. The zero-order chi connectivity index (χ0) is 22.0. The van der Waals surface area contributed by atoms with Crippen LogP contribution in [0.5, 0.6) is 23.0 Å². The quantitative estimate of drug-likeness (QED) is 0.431. The molecule has 0 aliphatic carbocycles. The number of hydrogen-bond donors (Lipinski definition) is 0. The number of rotatable bonds is 6. The Balaban J connectivity index is 2.10. The third-order valence-corrected chi connectivity index (χ3v) is 5.13. The minimum absolute atomic E-state index is 0.140. The summed E-state index contributed by atoms with van der Waals surface area (Å²) in [5.74, 6) is 2.41. The van der Waals surface area contributed by atoms with Crippen LogP contribution in [0.1, 0.15) is 0 Å². The SMILES string of the molecule is COc1ccc(-c2c(-c3ccc(OC)c(OC)c3OC)oc3ccccc3c2=O)cc1. The van der Waals surface area contributed by atoms with E-state index in [1.807, 2.05) is 24.3 Å². The van der Waals surface area contributed by atoms with E-state index in [1.54, 1.807) is 50.6 Å². The summed E-state index contributed by atoms with van der Waals surface area (Å²) >= 11 is 0. The fourth-order valence-electron chi connectivity index (χ4n) is 3.63. The molecule has 0 radical (unpaired) electrons. The second kappa shape index (κ2) is 8.44. The van der Waals surface area contributed by atoms with Gasteiger partial charge in [-0.25, -0.2) is 0 Å². The number of methoxy groups -OCH3 is 4. The van der Waals surface area contributed by atoms with E-state index in [0.717, 1.165) is 0 Å². The first kappa shape index (κ1) is 20.3. The van der Waals surface area contributed by atoms with Gasteiger partial charge in [-0.3, -0.25) is 4.79 Å². The van der Waals surface area contributed by atoms with Crippen LogP contribution in [0.15, 0.2) is 69.9 Å². The molecule has 0 fully saturated rings. The molecule has 1 heterocycles. The van der Waals surface area contributed by atoms with Crippen LogP contribution in [0.3, 0.4) is 0 Å². The Bertz CT molecular complexity index is 1290. The van der Waals surface area contributed by atoms with E-state index >= 15 is 0 Å². The second-order valence-corrected chi connectivity index (χ2v) is 6.74. The van der Waals surface area contributed by atoms with Crippen molar-refractivity contribution in [2.75, 3.05) is 28.4 Å². The number of ether oxygens (including phenoxy) is 4. The van der Waals surface area contributed by atoms with Gasteiger partial charge in [-0.05, 0) is 42.0 Å². The average Bonchev–Trinajstić information content (AvgIpc) is 2.83. The highest BCUT2D eigenvalue weighted by atomic mass is 16.5. The summed E-state index contributed by atoms with van der Waals surface area (Å²) in [6, 6.07) is 18.0. The lowest BCUT2D eigenvalue weighted by atomic mass is 9.97. The standard InChI is InChI=1S/C25H22O6/c1-27-16-11-9-15(10-12-16)21-22(26)17-7-5-6-8-19(17)31-23(21)18-13-14-20(28-2)25(30-4)24(18)29-3/h5-14H,1-4H3. The summed E-state index contributed by atoms with van der Waals surface area (Å²) in [7, 11) is 6.22. The highest BCUT2D eigenvalue weighted by molar-refractivity contribution is 5.91. The monoisotopic (exact) mass is 418 g/mol. The lowest BCUT2D eigenvalue weighted by molar-refractivity contribution is 0.325. The Morgan fingerprint density at radius 1 is 0.710 bits per heavy atom. The van der Waals surface area contributed by atoms with Crippen molar-refractivity contribution in [3.8, 4) is 45.4 Å². The van der Waals surface area contributed by atoms with Gasteiger partial charge in [0.2, 0.25) is 11.2 Å². The van der Waals surface area contributed by atoms with Gasteiger partial charge >= 0.3 is 0 Å². The Kier molecular flexibility index (Phi) is 5.54. The smallest absolute Gasteiger partial charge is 0.204 e. The number of para-hydroxylation sites is 1. The topological polar surface area (TPSA) is 67.1 Å². The number of hydrogen-bond acceptors (Lipinski definition) is 6. The second-order valence-electron chi connectivity index (χ2n) is 6.74. The van der Waals surface area contributed by atoms with Crippen molar-refractivity contribution in [3.05, 3.63) is 70.9 Å². The molecule has 0 saturated carbocycles. The van der Waals surface area contributed by atoms with Crippen molar-refractivity contribution in [2.24, 2.45) is 0 Å². The number of fused-ring (bicyclic) bond motifs is 1. The summed E-state index contributed by atoms with van der Waals surface area (Å²) in [6.45, 7) is 0. The largest absolute Gasteiger partial charge is 0.497 e. The van der Waals surface area contributed by atoms with E-state index in [1.165, 1.54) is 14.2 Å². The molecular formula is C25H22O6.